The van der Waals surface area contributed by atoms with E-state index < -0.39 is 0 Å². The average Bonchev–Trinajstić information content (AvgIpc) is 2.98. The van der Waals surface area contributed by atoms with Crippen molar-refractivity contribution >= 4 is 5.82 Å². The number of para-hydroxylation sites is 1. The third-order valence-electron chi connectivity index (χ3n) is 4.14. The van der Waals surface area contributed by atoms with Crippen LogP contribution in [0, 0.1) is 18.3 Å². The summed E-state index contributed by atoms with van der Waals surface area (Å²) in [5, 5.41) is 14.0. The van der Waals surface area contributed by atoms with E-state index >= 15 is 0 Å². The molecular formula is C19H19N5O2. The minimum absolute atomic E-state index is 0.160. The number of nitriles is 1. The van der Waals surface area contributed by atoms with Crippen molar-refractivity contribution in [2.45, 2.75) is 6.92 Å². The molecule has 1 aromatic carbocycles. The van der Waals surface area contributed by atoms with Crippen molar-refractivity contribution in [3.63, 3.8) is 0 Å². The Hall–Kier alpha value is -3.53. The number of hydrogen-bond acceptors (Lipinski definition) is 6. The maximum atomic E-state index is 9.61. The highest BCUT2D eigenvalue weighted by molar-refractivity contribution is 5.84. The fraction of sp³-hybridized carbons (Fsp3) is 0.211. The van der Waals surface area contributed by atoms with E-state index in [4.69, 9.17) is 15.2 Å². The van der Waals surface area contributed by atoms with Crippen molar-refractivity contribution in [2.75, 3.05) is 20.0 Å². The quantitative estimate of drug-likeness (QED) is 0.777. The average molecular weight is 349 g/mol. The molecule has 2 N–H and O–H groups in total. The third kappa shape index (κ3) is 2.82. The molecule has 2 heterocycles. The second kappa shape index (κ2) is 6.76. The van der Waals surface area contributed by atoms with Gasteiger partial charge >= 0.3 is 0 Å². The SMILES string of the molecule is COc1cccc(-c2cc(-c3cn(C)nc3C)nc(N)c2C#N)c1OC. The third-order valence-corrected chi connectivity index (χ3v) is 4.14. The summed E-state index contributed by atoms with van der Waals surface area (Å²) in [5.74, 6) is 1.27. The van der Waals surface area contributed by atoms with Crippen LogP contribution >= 0.6 is 0 Å². The van der Waals surface area contributed by atoms with Gasteiger partial charge in [-0.25, -0.2) is 4.98 Å². The molecule has 0 saturated carbocycles. The first kappa shape index (κ1) is 17.3. The summed E-state index contributed by atoms with van der Waals surface area (Å²) < 4.78 is 12.6. The van der Waals surface area contributed by atoms with Crippen LogP contribution in [0.1, 0.15) is 11.3 Å². The molecule has 0 aliphatic heterocycles. The minimum atomic E-state index is 0.160. The van der Waals surface area contributed by atoms with Gasteiger partial charge in [0.2, 0.25) is 0 Å². The summed E-state index contributed by atoms with van der Waals surface area (Å²) in [7, 11) is 4.97. The number of pyridine rings is 1. The van der Waals surface area contributed by atoms with Gasteiger partial charge in [-0.3, -0.25) is 4.68 Å². The Balaban J connectivity index is 2.31. The van der Waals surface area contributed by atoms with Crippen LogP contribution in [0.15, 0.2) is 30.5 Å². The Morgan fingerprint density at radius 3 is 2.50 bits per heavy atom. The van der Waals surface area contributed by atoms with Crippen LogP contribution in [0.2, 0.25) is 0 Å². The van der Waals surface area contributed by atoms with Crippen LogP contribution in [-0.2, 0) is 7.05 Å². The van der Waals surface area contributed by atoms with E-state index in [1.807, 2.05) is 38.4 Å². The molecule has 26 heavy (non-hydrogen) atoms. The molecule has 7 heteroatoms. The van der Waals surface area contributed by atoms with Gasteiger partial charge in [0.25, 0.3) is 0 Å². The number of nitrogens with two attached hydrogens (primary N) is 1. The lowest BCUT2D eigenvalue weighted by Crippen LogP contribution is -2.01. The van der Waals surface area contributed by atoms with Gasteiger partial charge in [-0.1, -0.05) is 12.1 Å². The van der Waals surface area contributed by atoms with E-state index in [0.29, 0.717) is 33.9 Å². The van der Waals surface area contributed by atoms with Crippen molar-refractivity contribution < 1.29 is 9.47 Å². The minimum Gasteiger partial charge on any atom is -0.493 e. The molecule has 0 amide bonds. The molecule has 132 valence electrons. The Kier molecular flexibility index (Phi) is 4.50. The van der Waals surface area contributed by atoms with E-state index in [0.717, 1.165) is 11.3 Å². The largest absolute Gasteiger partial charge is 0.493 e. The molecule has 2 aromatic heterocycles. The summed E-state index contributed by atoms with van der Waals surface area (Å²) in [6, 6.07) is 9.47. The normalized spacial score (nSPS) is 10.4. The van der Waals surface area contributed by atoms with Crippen LogP contribution < -0.4 is 15.2 Å². The van der Waals surface area contributed by atoms with E-state index in [9.17, 15) is 5.26 Å². The standard InChI is InChI=1S/C19H19N5O2/c1-11-15(10-24(2)23-11)16-8-13(14(9-20)19(21)22-16)12-6-5-7-17(25-3)18(12)26-4/h5-8,10H,1-4H3,(H2,21,22). The van der Waals surface area contributed by atoms with Crippen molar-refractivity contribution in [1.82, 2.24) is 14.8 Å². The number of nitrogens with zero attached hydrogens (tertiary/aromatic N) is 4. The first-order valence-electron chi connectivity index (χ1n) is 7.92. The highest BCUT2D eigenvalue weighted by Gasteiger charge is 2.20. The predicted octanol–water partition coefficient (Wildman–Crippen LogP) is 2.93. The maximum absolute atomic E-state index is 9.61. The monoisotopic (exact) mass is 349 g/mol. The molecule has 0 fully saturated rings. The Bertz CT molecular complexity index is 1020. The molecule has 7 nitrogen and oxygen atoms in total. The fourth-order valence-corrected chi connectivity index (χ4v) is 2.98. The van der Waals surface area contributed by atoms with Crippen molar-refractivity contribution in [2.24, 2.45) is 7.05 Å². The van der Waals surface area contributed by atoms with Gasteiger partial charge in [0.1, 0.15) is 17.5 Å². The molecule has 0 radical (unpaired) electrons. The van der Waals surface area contributed by atoms with Crippen LogP contribution in [0.4, 0.5) is 5.82 Å². The molecule has 0 spiro atoms. The second-order valence-corrected chi connectivity index (χ2v) is 5.77. The molecule has 3 rings (SSSR count). The van der Waals surface area contributed by atoms with Crippen molar-refractivity contribution in [1.29, 1.82) is 5.26 Å². The number of aryl methyl sites for hydroxylation is 2. The molecule has 0 aliphatic rings. The smallest absolute Gasteiger partial charge is 0.168 e. The molecule has 0 atom stereocenters. The summed E-state index contributed by atoms with van der Waals surface area (Å²) in [6.45, 7) is 1.90. The van der Waals surface area contributed by atoms with Gasteiger partial charge in [0.05, 0.1) is 25.6 Å². The van der Waals surface area contributed by atoms with Crippen LogP contribution in [-0.4, -0.2) is 29.0 Å². The molecule has 0 aliphatic carbocycles. The number of methoxy groups -OCH3 is 2. The molecule has 3 aromatic rings. The molecule has 0 saturated heterocycles. The first-order chi connectivity index (χ1) is 12.5. The topological polar surface area (TPSA) is 99.0 Å². The maximum Gasteiger partial charge on any atom is 0.168 e. The molecule has 0 unspecified atom stereocenters. The number of rotatable bonds is 4. The lowest BCUT2D eigenvalue weighted by molar-refractivity contribution is 0.356. The zero-order chi connectivity index (χ0) is 18.8. The number of ether oxygens (including phenoxy) is 2. The number of aromatic nitrogens is 3. The van der Waals surface area contributed by atoms with E-state index in [1.165, 1.54) is 0 Å². The summed E-state index contributed by atoms with van der Waals surface area (Å²) in [6.07, 6.45) is 1.87. The van der Waals surface area contributed by atoms with E-state index in [-0.39, 0.29) is 5.82 Å². The van der Waals surface area contributed by atoms with E-state index in [1.54, 1.807) is 25.0 Å². The van der Waals surface area contributed by atoms with E-state index in [2.05, 4.69) is 16.2 Å². The Morgan fingerprint density at radius 2 is 1.92 bits per heavy atom. The van der Waals surface area contributed by atoms with Crippen LogP contribution in [0.5, 0.6) is 11.5 Å². The number of hydrogen-bond donors (Lipinski definition) is 1. The predicted molar refractivity (Wildman–Crippen MR) is 98.8 cm³/mol. The summed E-state index contributed by atoms with van der Waals surface area (Å²) in [4.78, 5) is 4.40. The van der Waals surface area contributed by atoms with Crippen molar-refractivity contribution in [3.8, 4) is 40.0 Å². The summed E-state index contributed by atoms with van der Waals surface area (Å²) in [5.41, 5.74) is 10.1. The van der Waals surface area contributed by atoms with Gasteiger partial charge in [-0.2, -0.15) is 10.4 Å². The summed E-state index contributed by atoms with van der Waals surface area (Å²) >= 11 is 0. The van der Waals surface area contributed by atoms with Gasteiger partial charge in [0.15, 0.2) is 11.5 Å². The highest BCUT2D eigenvalue weighted by Crippen LogP contribution is 2.41. The van der Waals surface area contributed by atoms with Gasteiger partial charge in [-0.05, 0) is 19.1 Å². The Morgan fingerprint density at radius 1 is 1.15 bits per heavy atom. The fourth-order valence-electron chi connectivity index (χ4n) is 2.98. The number of nitrogen functional groups attached to an aromatic ring is 1. The lowest BCUT2D eigenvalue weighted by atomic mass is 9.97. The second-order valence-electron chi connectivity index (χ2n) is 5.77. The number of anilines is 1. The molecular weight excluding hydrogens is 330 g/mol. The lowest BCUT2D eigenvalue weighted by Gasteiger charge is -2.15. The van der Waals surface area contributed by atoms with Gasteiger partial charge in [-0.15, -0.1) is 0 Å². The number of benzene rings is 1. The molecule has 0 bridgehead atoms. The zero-order valence-corrected chi connectivity index (χ0v) is 15.1. The zero-order valence-electron chi connectivity index (χ0n) is 15.1. The van der Waals surface area contributed by atoms with Gasteiger partial charge in [0, 0.05) is 29.9 Å². The highest BCUT2D eigenvalue weighted by atomic mass is 16.5. The van der Waals surface area contributed by atoms with Crippen molar-refractivity contribution in [3.05, 3.63) is 41.7 Å². The van der Waals surface area contributed by atoms with Crippen LogP contribution in [0.3, 0.4) is 0 Å². The van der Waals surface area contributed by atoms with Crippen LogP contribution in [0.25, 0.3) is 22.4 Å². The first-order valence-corrected chi connectivity index (χ1v) is 7.92. The van der Waals surface area contributed by atoms with Gasteiger partial charge < -0.3 is 15.2 Å². The Labute approximate surface area is 151 Å².